The molecule has 64 valence electrons. The summed E-state index contributed by atoms with van der Waals surface area (Å²) >= 11 is 0. The molecule has 12 heavy (non-hydrogen) atoms. The fraction of sp³-hybridized carbons (Fsp3) is 0.400. The van der Waals surface area contributed by atoms with E-state index in [1.54, 1.807) is 0 Å². The van der Waals surface area contributed by atoms with Gasteiger partial charge in [0, 0.05) is 32.6 Å². The average molecular weight is 241 g/mol. The smallest absolute Gasteiger partial charge is 0.0631 e. The number of aliphatic hydroxyl groups is 1. The zero-order chi connectivity index (χ0) is 8.32. The minimum absolute atomic E-state index is 0. The zero-order valence-corrected chi connectivity index (χ0v) is 10.00. The first-order valence-corrected chi connectivity index (χ1v) is 3.84. The molecule has 1 aromatic rings. The van der Waals surface area contributed by atoms with E-state index >= 15 is 0 Å². The third-order valence-corrected chi connectivity index (χ3v) is 1.48. The second kappa shape index (κ2) is 4.94. The van der Waals surface area contributed by atoms with Crippen LogP contribution in [-0.4, -0.2) is 10.7 Å². The van der Waals surface area contributed by atoms with Crippen molar-refractivity contribution in [3.63, 3.8) is 0 Å². The van der Waals surface area contributed by atoms with E-state index < -0.39 is 5.60 Å². The van der Waals surface area contributed by atoms with E-state index in [0.717, 1.165) is 0 Å². The normalized spacial score (nSPS) is 10.6. The molecule has 0 radical (unpaired) electrons. The van der Waals surface area contributed by atoms with Gasteiger partial charge in [-0.2, -0.15) is 0 Å². The summed E-state index contributed by atoms with van der Waals surface area (Å²) < 4.78 is 0. The van der Waals surface area contributed by atoms with Crippen molar-refractivity contribution in [2.75, 3.05) is 0 Å². The molecule has 0 atom stereocenters. The molecule has 0 amide bonds. The van der Waals surface area contributed by atoms with Crippen molar-refractivity contribution in [2.45, 2.75) is 25.9 Å². The Kier molecular flexibility index (Phi) is 4.96. The molecule has 0 aliphatic rings. The van der Waals surface area contributed by atoms with E-state index in [2.05, 4.69) is 0 Å². The van der Waals surface area contributed by atoms with Gasteiger partial charge in [-0.3, -0.25) is 0 Å². The molecule has 1 nitrogen and oxygen atoms in total. The maximum Gasteiger partial charge on any atom is 0.0631 e. The maximum absolute atomic E-state index is 9.47. The predicted octanol–water partition coefficient (Wildman–Crippen LogP) is 2.00. The molecule has 2 heteroatoms. The first kappa shape index (κ1) is 12.1. The Morgan fingerprint density at radius 2 is 1.67 bits per heavy atom. The molecule has 0 saturated heterocycles. The maximum atomic E-state index is 9.47. The second-order valence-corrected chi connectivity index (χ2v) is 3.47. The van der Waals surface area contributed by atoms with Crippen LogP contribution in [0.25, 0.3) is 0 Å². The predicted molar refractivity (Wildman–Crippen MR) is 46.4 cm³/mol. The molecule has 0 bridgehead atoms. The van der Waals surface area contributed by atoms with Crippen molar-refractivity contribution in [3.05, 3.63) is 35.9 Å². The van der Waals surface area contributed by atoms with E-state index in [1.165, 1.54) is 5.56 Å². The van der Waals surface area contributed by atoms with E-state index in [9.17, 15) is 5.11 Å². The molecule has 0 aliphatic heterocycles. The Labute approximate surface area is 92.9 Å². The van der Waals surface area contributed by atoms with Gasteiger partial charge in [-0.25, -0.2) is 0 Å². The number of hydrogen-bond acceptors (Lipinski definition) is 1. The Morgan fingerprint density at radius 3 is 2.08 bits per heavy atom. The summed E-state index contributed by atoms with van der Waals surface area (Å²) in [6, 6.07) is 10.0. The first-order chi connectivity index (χ1) is 5.08. The number of benzene rings is 1. The van der Waals surface area contributed by atoms with Crippen LogP contribution in [0, 0.1) is 0 Å². The van der Waals surface area contributed by atoms with E-state index in [1.807, 2.05) is 44.2 Å². The van der Waals surface area contributed by atoms with Gasteiger partial charge >= 0.3 is 0 Å². The molecule has 1 aromatic carbocycles. The van der Waals surface area contributed by atoms with Gasteiger partial charge in [-0.1, -0.05) is 30.3 Å². The van der Waals surface area contributed by atoms with Gasteiger partial charge in [0.2, 0.25) is 0 Å². The Hall–Kier alpha value is 0.0631. The van der Waals surface area contributed by atoms with Crippen molar-refractivity contribution >= 4 is 0 Å². The molecule has 0 aromatic heterocycles. The van der Waals surface area contributed by atoms with Crippen LogP contribution in [0.3, 0.4) is 0 Å². The molecule has 0 saturated carbocycles. The molecule has 1 N–H and O–H groups in total. The van der Waals surface area contributed by atoms with Gasteiger partial charge in [0.25, 0.3) is 0 Å². The molecular formula is C10H14OZr. The summed E-state index contributed by atoms with van der Waals surface area (Å²) in [6.45, 7) is 3.64. The summed E-state index contributed by atoms with van der Waals surface area (Å²) in [5, 5.41) is 9.47. The van der Waals surface area contributed by atoms with Crippen LogP contribution in [0.1, 0.15) is 19.4 Å². The monoisotopic (exact) mass is 240 g/mol. The van der Waals surface area contributed by atoms with Crippen LogP contribution in [0.4, 0.5) is 0 Å². The summed E-state index contributed by atoms with van der Waals surface area (Å²) in [5.41, 5.74) is 0.585. The van der Waals surface area contributed by atoms with E-state index in [0.29, 0.717) is 6.42 Å². The summed E-state index contributed by atoms with van der Waals surface area (Å²) in [6.07, 6.45) is 0.716. The Bertz CT molecular complexity index is 213. The SMILES string of the molecule is CC(C)(O)Cc1ccccc1.[Zr]. The Morgan fingerprint density at radius 1 is 1.17 bits per heavy atom. The summed E-state index contributed by atoms with van der Waals surface area (Å²) in [5.74, 6) is 0. The first-order valence-electron chi connectivity index (χ1n) is 3.84. The average Bonchev–Trinajstić information content (AvgIpc) is 1.85. The minimum Gasteiger partial charge on any atom is -0.390 e. The van der Waals surface area contributed by atoms with Gasteiger partial charge in [-0.05, 0) is 19.4 Å². The molecule has 0 spiro atoms. The molecular weight excluding hydrogens is 227 g/mol. The van der Waals surface area contributed by atoms with Crippen molar-refractivity contribution in [1.82, 2.24) is 0 Å². The van der Waals surface area contributed by atoms with Crippen molar-refractivity contribution in [2.24, 2.45) is 0 Å². The van der Waals surface area contributed by atoms with Gasteiger partial charge < -0.3 is 5.11 Å². The van der Waals surface area contributed by atoms with Crippen LogP contribution >= 0.6 is 0 Å². The summed E-state index contributed by atoms with van der Waals surface area (Å²) in [4.78, 5) is 0. The topological polar surface area (TPSA) is 20.2 Å². The second-order valence-electron chi connectivity index (χ2n) is 3.47. The molecule has 0 aliphatic carbocycles. The van der Waals surface area contributed by atoms with Crippen LogP contribution in [0.5, 0.6) is 0 Å². The van der Waals surface area contributed by atoms with Gasteiger partial charge in [-0.15, -0.1) is 0 Å². The fourth-order valence-corrected chi connectivity index (χ4v) is 1.10. The van der Waals surface area contributed by atoms with Crippen LogP contribution in [-0.2, 0) is 32.6 Å². The van der Waals surface area contributed by atoms with Gasteiger partial charge in [0.15, 0.2) is 0 Å². The van der Waals surface area contributed by atoms with Crippen LogP contribution in [0.15, 0.2) is 30.3 Å². The number of rotatable bonds is 2. The largest absolute Gasteiger partial charge is 0.390 e. The van der Waals surface area contributed by atoms with Crippen LogP contribution in [0.2, 0.25) is 0 Å². The van der Waals surface area contributed by atoms with Crippen molar-refractivity contribution in [3.8, 4) is 0 Å². The molecule has 1 rings (SSSR count). The van der Waals surface area contributed by atoms with Crippen molar-refractivity contribution < 1.29 is 31.3 Å². The van der Waals surface area contributed by atoms with Gasteiger partial charge in [0.05, 0.1) is 5.60 Å². The molecule has 0 heterocycles. The summed E-state index contributed by atoms with van der Waals surface area (Å²) in [7, 11) is 0. The van der Waals surface area contributed by atoms with Crippen molar-refractivity contribution in [1.29, 1.82) is 0 Å². The van der Waals surface area contributed by atoms with Gasteiger partial charge in [0.1, 0.15) is 0 Å². The zero-order valence-electron chi connectivity index (χ0n) is 7.54. The quantitative estimate of drug-likeness (QED) is 0.840. The third-order valence-electron chi connectivity index (χ3n) is 1.48. The fourth-order valence-electron chi connectivity index (χ4n) is 1.10. The van der Waals surface area contributed by atoms with Crippen LogP contribution < -0.4 is 0 Å². The van der Waals surface area contributed by atoms with E-state index in [4.69, 9.17) is 0 Å². The Balaban J connectivity index is 0.00000121. The minimum atomic E-state index is -0.596. The molecule has 0 fully saturated rings. The molecule has 0 unspecified atom stereocenters. The standard InChI is InChI=1S/C10H14O.Zr/c1-10(2,11)8-9-6-4-3-5-7-9;/h3-7,11H,8H2,1-2H3;. The number of hydrogen-bond donors (Lipinski definition) is 1. The van der Waals surface area contributed by atoms with E-state index in [-0.39, 0.29) is 26.2 Å². The third kappa shape index (κ3) is 4.84.